The summed E-state index contributed by atoms with van der Waals surface area (Å²) < 4.78 is 12.4. The first kappa shape index (κ1) is 15.5. The summed E-state index contributed by atoms with van der Waals surface area (Å²) in [6, 6.07) is 14.8. The van der Waals surface area contributed by atoms with Gasteiger partial charge in [0.15, 0.2) is 12.1 Å². The van der Waals surface area contributed by atoms with Gasteiger partial charge in [0.1, 0.15) is 5.75 Å². The molecule has 0 amide bonds. The van der Waals surface area contributed by atoms with E-state index in [9.17, 15) is 4.79 Å². The topological polar surface area (TPSA) is 35.5 Å². The highest BCUT2D eigenvalue weighted by atomic mass is 127. The number of ketones is 1. The van der Waals surface area contributed by atoms with Crippen LogP contribution in [0.15, 0.2) is 48.5 Å². The van der Waals surface area contributed by atoms with Gasteiger partial charge in [-0.2, -0.15) is 0 Å². The average Bonchev–Trinajstić information content (AvgIpc) is 2.57. The number of halogens is 1. The van der Waals surface area contributed by atoms with E-state index in [4.69, 9.17) is 9.47 Å². The molecule has 1 aliphatic rings. The van der Waals surface area contributed by atoms with Crippen LogP contribution >= 0.6 is 22.6 Å². The summed E-state index contributed by atoms with van der Waals surface area (Å²) in [4.78, 5) is 12.4. The Bertz CT molecular complexity index is 628. The van der Waals surface area contributed by atoms with Crippen molar-refractivity contribution in [1.29, 1.82) is 0 Å². The number of benzene rings is 2. The Kier molecular flexibility index (Phi) is 5.10. The standard InChI is InChI=1S/C18H17IO3/c19-15-8-4-13(5-9-15)18(20)14-6-10-16(11-7-14)22-17-3-1-2-12-21-17/h4-11,17H,1-3,12H2/t17-/m1/s1. The second kappa shape index (κ2) is 7.24. The SMILES string of the molecule is O=C(c1ccc(I)cc1)c1ccc(O[C@@H]2CCCCO2)cc1. The molecular weight excluding hydrogens is 391 g/mol. The summed E-state index contributed by atoms with van der Waals surface area (Å²) in [6.07, 6.45) is 2.99. The summed E-state index contributed by atoms with van der Waals surface area (Å²) >= 11 is 2.23. The van der Waals surface area contributed by atoms with E-state index >= 15 is 0 Å². The fourth-order valence-electron chi connectivity index (χ4n) is 2.41. The summed E-state index contributed by atoms with van der Waals surface area (Å²) in [5.41, 5.74) is 1.36. The Labute approximate surface area is 143 Å². The van der Waals surface area contributed by atoms with E-state index in [0.29, 0.717) is 11.1 Å². The van der Waals surface area contributed by atoms with Gasteiger partial charge < -0.3 is 9.47 Å². The number of hydrogen-bond donors (Lipinski definition) is 0. The van der Waals surface area contributed by atoms with Crippen LogP contribution in [0.5, 0.6) is 5.75 Å². The van der Waals surface area contributed by atoms with Crippen molar-refractivity contribution in [3.05, 3.63) is 63.2 Å². The van der Waals surface area contributed by atoms with Gasteiger partial charge in [0.05, 0.1) is 6.61 Å². The van der Waals surface area contributed by atoms with Crippen LogP contribution in [0.2, 0.25) is 0 Å². The first-order valence-electron chi connectivity index (χ1n) is 7.41. The summed E-state index contributed by atoms with van der Waals surface area (Å²) in [5, 5.41) is 0. The van der Waals surface area contributed by atoms with E-state index in [1.54, 1.807) is 12.1 Å². The van der Waals surface area contributed by atoms with Gasteiger partial charge in [0, 0.05) is 21.1 Å². The summed E-state index contributed by atoms with van der Waals surface area (Å²) in [5.74, 6) is 0.767. The van der Waals surface area contributed by atoms with Crippen LogP contribution in [0, 0.1) is 3.57 Å². The minimum absolute atomic E-state index is 0.0249. The Balaban J connectivity index is 1.68. The molecule has 0 saturated carbocycles. The fourth-order valence-corrected chi connectivity index (χ4v) is 2.77. The van der Waals surface area contributed by atoms with Crippen molar-refractivity contribution < 1.29 is 14.3 Å². The van der Waals surface area contributed by atoms with E-state index in [2.05, 4.69) is 22.6 Å². The molecule has 114 valence electrons. The maximum atomic E-state index is 12.4. The molecule has 0 aromatic heterocycles. The fraction of sp³-hybridized carbons (Fsp3) is 0.278. The molecule has 0 radical (unpaired) electrons. The molecule has 22 heavy (non-hydrogen) atoms. The van der Waals surface area contributed by atoms with Crippen LogP contribution in [-0.2, 0) is 4.74 Å². The van der Waals surface area contributed by atoms with E-state index in [-0.39, 0.29) is 12.1 Å². The molecule has 3 nitrogen and oxygen atoms in total. The van der Waals surface area contributed by atoms with E-state index in [0.717, 1.165) is 35.2 Å². The minimum Gasteiger partial charge on any atom is -0.465 e. The van der Waals surface area contributed by atoms with Crippen LogP contribution < -0.4 is 4.74 Å². The third-order valence-corrected chi connectivity index (χ3v) is 4.35. The Morgan fingerprint density at radius 1 is 1.00 bits per heavy atom. The second-order valence-electron chi connectivity index (χ2n) is 5.27. The van der Waals surface area contributed by atoms with Crippen LogP contribution in [-0.4, -0.2) is 18.7 Å². The monoisotopic (exact) mass is 408 g/mol. The van der Waals surface area contributed by atoms with Crippen LogP contribution in [0.1, 0.15) is 35.2 Å². The van der Waals surface area contributed by atoms with Crippen molar-refractivity contribution in [2.24, 2.45) is 0 Å². The largest absolute Gasteiger partial charge is 0.465 e. The number of rotatable bonds is 4. The van der Waals surface area contributed by atoms with E-state index < -0.39 is 0 Å². The van der Waals surface area contributed by atoms with Gasteiger partial charge in [0.2, 0.25) is 0 Å². The van der Waals surface area contributed by atoms with Gasteiger partial charge in [-0.05, 0) is 84.0 Å². The quantitative estimate of drug-likeness (QED) is 0.555. The first-order valence-corrected chi connectivity index (χ1v) is 8.49. The molecule has 1 saturated heterocycles. The molecule has 1 atom stereocenters. The van der Waals surface area contributed by atoms with E-state index in [1.165, 1.54) is 0 Å². The predicted octanol–water partition coefficient (Wildman–Crippen LogP) is 4.43. The zero-order valence-corrected chi connectivity index (χ0v) is 14.3. The first-order chi connectivity index (χ1) is 10.7. The molecule has 3 rings (SSSR count). The molecule has 0 bridgehead atoms. The van der Waals surface area contributed by atoms with Gasteiger partial charge in [-0.3, -0.25) is 4.79 Å². The molecule has 0 spiro atoms. The maximum absolute atomic E-state index is 12.4. The minimum atomic E-state index is -0.161. The number of carbonyl (C=O) groups is 1. The molecule has 1 heterocycles. The van der Waals surface area contributed by atoms with Crippen molar-refractivity contribution in [2.75, 3.05) is 6.61 Å². The van der Waals surface area contributed by atoms with Crippen molar-refractivity contribution in [3.8, 4) is 5.75 Å². The number of carbonyl (C=O) groups excluding carboxylic acids is 1. The molecule has 1 fully saturated rings. The van der Waals surface area contributed by atoms with Gasteiger partial charge in [-0.25, -0.2) is 0 Å². The van der Waals surface area contributed by atoms with Gasteiger partial charge in [-0.15, -0.1) is 0 Å². The lowest BCUT2D eigenvalue weighted by molar-refractivity contribution is -0.105. The second-order valence-corrected chi connectivity index (χ2v) is 6.52. The summed E-state index contributed by atoms with van der Waals surface area (Å²) in [6.45, 7) is 0.758. The molecular formula is C18H17IO3. The Hall–Kier alpha value is -1.40. The van der Waals surface area contributed by atoms with Gasteiger partial charge in [0.25, 0.3) is 0 Å². The van der Waals surface area contributed by atoms with Gasteiger partial charge >= 0.3 is 0 Å². The van der Waals surface area contributed by atoms with Gasteiger partial charge in [-0.1, -0.05) is 0 Å². The lowest BCUT2D eigenvalue weighted by Crippen LogP contribution is -2.24. The molecule has 0 aliphatic carbocycles. The smallest absolute Gasteiger partial charge is 0.199 e. The van der Waals surface area contributed by atoms with Crippen molar-refractivity contribution in [1.82, 2.24) is 0 Å². The highest BCUT2D eigenvalue weighted by Gasteiger charge is 2.15. The molecule has 0 N–H and O–H groups in total. The number of hydrogen-bond acceptors (Lipinski definition) is 3. The zero-order valence-electron chi connectivity index (χ0n) is 12.1. The molecule has 0 unspecified atom stereocenters. The highest BCUT2D eigenvalue weighted by molar-refractivity contribution is 14.1. The zero-order chi connectivity index (χ0) is 15.4. The Morgan fingerprint density at radius 2 is 1.64 bits per heavy atom. The predicted molar refractivity (Wildman–Crippen MR) is 93.3 cm³/mol. The normalized spacial score (nSPS) is 18.0. The lowest BCUT2D eigenvalue weighted by atomic mass is 10.0. The average molecular weight is 408 g/mol. The van der Waals surface area contributed by atoms with Crippen molar-refractivity contribution in [2.45, 2.75) is 25.6 Å². The Morgan fingerprint density at radius 3 is 2.23 bits per heavy atom. The molecule has 4 heteroatoms. The molecule has 2 aromatic rings. The van der Waals surface area contributed by atoms with Crippen LogP contribution in [0.3, 0.4) is 0 Å². The van der Waals surface area contributed by atoms with Crippen molar-refractivity contribution >= 4 is 28.4 Å². The maximum Gasteiger partial charge on any atom is 0.199 e. The van der Waals surface area contributed by atoms with Crippen LogP contribution in [0.25, 0.3) is 0 Å². The summed E-state index contributed by atoms with van der Waals surface area (Å²) in [7, 11) is 0. The lowest BCUT2D eigenvalue weighted by Gasteiger charge is -2.23. The third-order valence-electron chi connectivity index (χ3n) is 3.63. The van der Waals surface area contributed by atoms with Crippen LogP contribution in [0.4, 0.5) is 0 Å². The van der Waals surface area contributed by atoms with E-state index in [1.807, 2.05) is 36.4 Å². The molecule has 1 aliphatic heterocycles. The highest BCUT2D eigenvalue weighted by Crippen LogP contribution is 2.21. The number of ether oxygens (including phenoxy) is 2. The van der Waals surface area contributed by atoms with Crippen molar-refractivity contribution in [3.63, 3.8) is 0 Å². The molecule has 2 aromatic carbocycles. The third kappa shape index (κ3) is 3.87.